The van der Waals surface area contributed by atoms with Crippen molar-refractivity contribution in [1.82, 2.24) is 5.32 Å². The zero-order chi connectivity index (χ0) is 13.7. The van der Waals surface area contributed by atoms with Crippen LogP contribution < -0.4 is 10.6 Å². The Morgan fingerprint density at radius 2 is 1.79 bits per heavy atom. The fourth-order valence-electron chi connectivity index (χ4n) is 1.55. The molecule has 0 saturated carbocycles. The number of nitrogens with one attached hydrogen (secondary N) is 2. The lowest BCUT2D eigenvalue weighted by Gasteiger charge is -2.09. The van der Waals surface area contributed by atoms with Gasteiger partial charge in [-0.3, -0.25) is 0 Å². The van der Waals surface area contributed by atoms with Crippen LogP contribution in [0.3, 0.4) is 0 Å². The average Bonchev–Trinajstić information content (AvgIpc) is 2.40. The summed E-state index contributed by atoms with van der Waals surface area (Å²) in [6.07, 6.45) is 0. The molecule has 98 valence electrons. The molecule has 0 heterocycles. The number of carbonyl (C=O) groups is 1. The van der Waals surface area contributed by atoms with Gasteiger partial charge in [0.1, 0.15) is 0 Å². The summed E-state index contributed by atoms with van der Waals surface area (Å²) in [5.74, 6) is 0. The zero-order valence-electron chi connectivity index (χ0n) is 9.99. The number of carbonyl (C=O) groups excluding carboxylic acids is 1. The van der Waals surface area contributed by atoms with Gasteiger partial charge in [-0.1, -0.05) is 57.9 Å². The van der Waals surface area contributed by atoms with Crippen molar-refractivity contribution in [2.45, 2.75) is 6.54 Å². The van der Waals surface area contributed by atoms with E-state index < -0.39 is 0 Å². The number of hydrogen-bond donors (Lipinski definition) is 2. The van der Waals surface area contributed by atoms with Crippen molar-refractivity contribution >= 4 is 39.2 Å². The van der Waals surface area contributed by atoms with E-state index in [-0.39, 0.29) is 6.03 Å². The van der Waals surface area contributed by atoms with E-state index in [2.05, 4.69) is 26.6 Å². The smallest absolute Gasteiger partial charge is 0.319 e. The molecule has 0 atom stereocenters. The maximum Gasteiger partial charge on any atom is 0.319 e. The lowest BCUT2D eigenvalue weighted by molar-refractivity contribution is 0.251. The van der Waals surface area contributed by atoms with E-state index in [0.29, 0.717) is 17.3 Å². The van der Waals surface area contributed by atoms with Crippen molar-refractivity contribution in [2.75, 3.05) is 5.32 Å². The van der Waals surface area contributed by atoms with Gasteiger partial charge in [-0.05, 0) is 23.8 Å². The van der Waals surface area contributed by atoms with Crippen LogP contribution in [0.2, 0.25) is 5.02 Å². The van der Waals surface area contributed by atoms with Crippen LogP contribution in [-0.2, 0) is 6.54 Å². The van der Waals surface area contributed by atoms with Crippen LogP contribution in [0.5, 0.6) is 0 Å². The van der Waals surface area contributed by atoms with Crippen LogP contribution in [0.4, 0.5) is 10.5 Å². The summed E-state index contributed by atoms with van der Waals surface area (Å²) in [6, 6.07) is 14.5. The largest absolute Gasteiger partial charge is 0.334 e. The van der Waals surface area contributed by atoms with Crippen molar-refractivity contribution in [1.29, 1.82) is 0 Å². The lowest BCUT2D eigenvalue weighted by Crippen LogP contribution is -2.28. The number of amides is 2. The second-order valence-electron chi connectivity index (χ2n) is 3.88. The molecule has 0 bridgehead atoms. The molecule has 3 nitrogen and oxygen atoms in total. The fraction of sp³-hybridized carbons (Fsp3) is 0.0714. The predicted octanol–water partition coefficient (Wildman–Crippen LogP) is 4.42. The van der Waals surface area contributed by atoms with Crippen LogP contribution in [-0.4, -0.2) is 6.03 Å². The number of rotatable bonds is 3. The first-order valence-electron chi connectivity index (χ1n) is 5.69. The van der Waals surface area contributed by atoms with Crippen LogP contribution in [0.25, 0.3) is 0 Å². The third-order valence-electron chi connectivity index (χ3n) is 2.52. The molecule has 2 amide bonds. The molecule has 0 radical (unpaired) electrons. The third kappa shape index (κ3) is 3.98. The van der Waals surface area contributed by atoms with Crippen molar-refractivity contribution < 1.29 is 4.79 Å². The highest BCUT2D eigenvalue weighted by molar-refractivity contribution is 9.10. The van der Waals surface area contributed by atoms with Gasteiger partial charge in [0.05, 0.1) is 10.7 Å². The minimum atomic E-state index is -0.288. The maximum absolute atomic E-state index is 11.8. The van der Waals surface area contributed by atoms with Crippen LogP contribution in [0.1, 0.15) is 5.56 Å². The van der Waals surface area contributed by atoms with Gasteiger partial charge in [-0.2, -0.15) is 0 Å². The second kappa shape index (κ2) is 6.59. The van der Waals surface area contributed by atoms with E-state index >= 15 is 0 Å². The Balaban J connectivity index is 1.92. The van der Waals surface area contributed by atoms with E-state index in [1.54, 1.807) is 12.1 Å². The minimum Gasteiger partial charge on any atom is -0.334 e. The van der Waals surface area contributed by atoms with Gasteiger partial charge >= 0.3 is 6.03 Å². The Morgan fingerprint density at radius 1 is 1.11 bits per heavy atom. The predicted molar refractivity (Wildman–Crippen MR) is 81.5 cm³/mol. The van der Waals surface area contributed by atoms with Gasteiger partial charge in [0.15, 0.2) is 0 Å². The van der Waals surface area contributed by atoms with E-state index in [1.165, 1.54) is 0 Å². The molecule has 5 heteroatoms. The molecule has 0 aromatic heterocycles. The second-order valence-corrected chi connectivity index (χ2v) is 5.14. The highest BCUT2D eigenvalue weighted by Gasteiger charge is 2.05. The van der Waals surface area contributed by atoms with E-state index in [9.17, 15) is 4.79 Å². The zero-order valence-corrected chi connectivity index (χ0v) is 12.3. The van der Waals surface area contributed by atoms with Crippen molar-refractivity contribution in [3.63, 3.8) is 0 Å². The van der Waals surface area contributed by atoms with Gasteiger partial charge < -0.3 is 10.6 Å². The third-order valence-corrected chi connectivity index (χ3v) is 3.62. The molecule has 0 spiro atoms. The quantitative estimate of drug-likeness (QED) is 0.853. The standard InChI is InChI=1S/C14H12BrClN2O/c15-11-6-2-1-5-10(11)9-17-14(19)18-13-8-4-3-7-12(13)16/h1-8H,9H2,(H2,17,18,19). The minimum absolute atomic E-state index is 0.288. The molecule has 0 saturated heterocycles. The molecule has 2 rings (SSSR count). The summed E-state index contributed by atoms with van der Waals surface area (Å²) in [6.45, 7) is 0.442. The van der Waals surface area contributed by atoms with Crippen molar-refractivity contribution in [2.24, 2.45) is 0 Å². The van der Waals surface area contributed by atoms with E-state index in [0.717, 1.165) is 10.0 Å². The summed E-state index contributed by atoms with van der Waals surface area (Å²) >= 11 is 9.39. The Morgan fingerprint density at radius 3 is 2.53 bits per heavy atom. The monoisotopic (exact) mass is 338 g/mol. The van der Waals surface area contributed by atoms with Crippen molar-refractivity contribution in [3.05, 3.63) is 63.6 Å². The summed E-state index contributed by atoms with van der Waals surface area (Å²) in [4.78, 5) is 11.8. The van der Waals surface area contributed by atoms with Gasteiger partial charge in [-0.25, -0.2) is 4.79 Å². The highest BCUT2D eigenvalue weighted by Crippen LogP contribution is 2.20. The Bertz CT molecular complexity index is 589. The Labute approximate surface area is 125 Å². The van der Waals surface area contributed by atoms with Gasteiger partial charge in [0.25, 0.3) is 0 Å². The Hall–Kier alpha value is -1.52. The first-order valence-corrected chi connectivity index (χ1v) is 6.86. The summed E-state index contributed by atoms with van der Waals surface area (Å²) in [5, 5.41) is 5.99. The molecule has 2 aromatic rings. The molecule has 2 aromatic carbocycles. The van der Waals surface area contributed by atoms with Gasteiger partial charge in [0.2, 0.25) is 0 Å². The number of urea groups is 1. The fourth-order valence-corrected chi connectivity index (χ4v) is 2.15. The molecule has 0 aliphatic carbocycles. The molecule has 0 aliphatic heterocycles. The number of halogens is 2. The molecule has 2 N–H and O–H groups in total. The molecule has 0 fully saturated rings. The summed E-state index contributed by atoms with van der Waals surface area (Å²) in [5.41, 5.74) is 1.60. The SMILES string of the molecule is O=C(NCc1ccccc1Br)Nc1ccccc1Cl. The van der Waals surface area contributed by atoms with E-state index in [1.807, 2.05) is 36.4 Å². The maximum atomic E-state index is 11.8. The van der Waals surface area contributed by atoms with Crippen LogP contribution >= 0.6 is 27.5 Å². The summed E-state index contributed by atoms with van der Waals surface area (Å²) in [7, 11) is 0. The van der Waals surface area contributed by atoms with E-state index in [4.69, 9.17) is 11.6 Å². The number of hydrogen-bond acceptors (Lipinski definition) is 1. The van der Waals surface area contributed by atoms with Crippen LogP contribution in [0.15, 0.2) is 53.0 Å². The molecular formula is C14H12BrClN2O. The average molecular weight is 340 g/mol. The first-order chi connectivity index (χ1) is 9.16. The highest BCUT2D eigenvalue weighted by atomic mass is 79.9. The Kier molecular flexibility index (Phi) is 4.82. The van der Waals surface area contributed by atoms with Crippen LogP contribution in [0, 0.1) is 0 Å². The molecule has 0 aliphatic rings. The topological polar surface area (TPSA) is 41.1 Å². The molecular weight excluding hydrogens is 328 g/mol. The lowest BCUT2D eigenvalue weighted by atomic mass is 10.2. The number of benzene rings is 2. The van der Waals surface area contributed by atoms with Gasteiger partial charge in [-0.15, -0.1) is 0 Å². The van der Waals surface area contributed by atoms with Gasteiger partial charge in [0, 0.05) is 11.0 Å². The molecule has 19 heavy (non-hydrogen) atoms. The first kappa shape index (κ1) is 13.9. The number of anilines is 1. The number of para-hydroxylation sites is 1. The normalized spacial score (nSPS) is 10.0. The molecule has 0 unspecified atom stereocenters. The summed E-state index contributed by atoms with van der Waals surface area (Å²) < 4.78 is 0.966. The van der Waals surface area contributed by atoms with Crippen molar-refractivity contribution in [3.8, 4) is 0 Å².